The minimum Gasteiger partial charge on any atom is -0.493 e. The maximum atomic E-state index is 11.9. The number of methoxy groups -OCH3 is 1. The van der Waals surface area contributed by atoms with E-state index in [4.69, 9.17) is 9.47 Å². The minimum atomic E-state index is -4.93. The van der Waals surface area contributed by atoms with Crippen molar-refractivity contribution in [2.45, 2.75) is 6.18 Å². The Morgan fingerprint density at radius 3 is 2.27 bits per heavy atom. The molecule has 9 heteroatoms. The molecule has 22 heavy (non-hydrogen) atoms. The van der Waals surface area contributed by atoms with Crippen LogP contribution >= 0.6 is 0 Å². The number of carbonyl (C=O) groups excluding carboxylic acids is 2. The zero-order valence-corrected chi connectivity index (χ0v) is 11.7. The van der Waals surface area contributed by atoms with E-state index in [1.807, 2.05) is 0 Å². The smallest absolute Gasteiger partial charge is 0.471 e. The number of ether oxygens (including phenoxy) is 2. The quantitative estimate of drug-likeness (QED) is 0.731. The first-order valence-electron chi connectivity index (χ1n) is 6.22. The second-order valence-electron chi connectivity index (χ2n) is 4.04. The molecule has 0 spiro atoms. The first-order chi connectivity index (χ1) is 10.3. The van der Waals surface area contributed by atoms with Crippen LogP contribution < -0.4 is 20.1 Å². The first kappa shape index (κ1) is 17.6. The minimum absolute atomic E-state index is 0.143. The van der Waals surface area contributed by atoms with E-state index < -0.39 is 18.0 Å². The van der Waals surface area contributed by atoms with Crippen molar-refractivity contribution in [2.75, 3.05) is 26.8 Å². The SMILES string of the molecule is COc1ccccc1OCC(=O)NCCNC(=O)C(F)(F)F. The van der Waals surface area contributed by atoms with Gasteiger partial charge in [-0.1, -0.05) is 12.1 Å². The summed E-state index contributed by atoms with van der Waals surface area (Å²) in [7, 11) is 1.45. The van der Waals surface area contributed by atoms with Gasteiger partial charge in [0.25, 0.3) is 5.91 Å². The molecule has 1 aromatic carbocycles. The number of alkyl halides is 3. The molecule has 0 aromatic heterocycles. The summed E-state index contributed by atoms with van der Waals surface area (Å²) in [5.41, 5.74) is 0. The monoisotopic (exact) mass is 320 g/mol. The van der Waals surface area contributed by atoms with Crippen LogP contribution in [0.5, 0.6) is 11.5 Å². The molecule has 0 aliphatic carbocycles. The molecule has 0 aliphatic rings. The van der Waals surface area contributed by atoms with E-state index in [0.29, 0.717) is 11.5 Å². The van der Waals surface area contributed by atoms with E-state index in [9.17, 15) is 22.8 Å². The van der Waals surface area contributed by atoms with Crippen LogP contribution in [0.25, 0.3) is 0 Å². The lowest BCUT2D eigenvalue weighted by Crippen LogP contribution is -2.41. The molecule has 0 fully saturated rings. The summed E-state index contributed by atoms with van der Waals surface area (Å²) in [5.74, 6) is -1.77. The number of hydrogen-bond donors (Lipinski definition) is 2. The average molecular weight is 320 g/mol. The molecule has 0 atom stereocenters. The van der Waals surface area contributed by atoms with Gasteiger partial charge in [0, 0.05) is 13.1 Å². The topological polar surface area (TPSA) is 76.7 Å². The van der Waals surface area contributed by atoms with Crippen LogP contribution in [0.1, 0.15) is 0 Å². The Kier molecular flexibility index (Phi) is 6.48. The second-order valence-corrected chi connectivity index (χ2v) is 4.04. The van der Waals surface area contributed by atoms with Crippen LogP contribution in [0, 0.1) is 0 Å². The summed E-state index contributed by atoms with van der Waals surface area (Å²) in [6, 6.07) is 6.69. The Bertz CT molecular complexity index is 520. The summed E-state index contributed by atoms with van der Waals surface area (Å²) in [6.45, 7) is -0.803. The van der Waals surface area contributed by atoms with Crippen molar-refractivity contribution < 1.29 is 32.2 Å². The molecule has 0 radical (unpaired) electrons. The van der Waals surface area contributed by atoms with Gasteiger partial charge in [0.2, 0.25) is 0 Å². The molecule has 0 unspecified atom stereocenters. The first-order valence-corrected chi connectivity index (χ1v) is 6.22. The lowest BCUT2D eigenvalue weighted by Gasteiger charge is -2.11. The number of benzene rings is 1. The molecular weight excluding hydrogens is 305 g/mol. The van der Waals surface area contributed by atoms with Crippen molar-refractivity contribution in [3.8, 4) is 11.5 Å². The van der Waals surface area contributed by atoms with E-state index in [0.717, 1.165) is 0 Å². The number of para-hydroxylation sites is 2. The van der Waals surface area contributed by atoms with Crippen molar-refractivity contribution in [1.29, 1.82) is 0 Å². The van der Waals surface area contributed by atoms with Crippen molar-refractivity contribution in [3.63, 3.8) is 0 Å². The Balaban J connectivity index is 2.26. The van der Waals surface area contributed by atoms with Gasteiger partial charge in [-0.3, -0.25) is 9.59 Å². The lowest BCUT2D eigenvalue weighted by molar-refractivity contribution is -0.173. The zero-order valence-electron chi connectivity index (χ0n) is 11.7. The highest BCUT2D eigenvalue weighted by Crippen LogP contribution is 2.25. The van der Waals surface area contributed by atoms with Gasteiger partial charge in [-0.2, -0.15) is 13.2 Å². The van der Waals surface area contributed by atoms with Crippen LogP contribution in [0.3, 0.4) is 0 Å². The van der Waals surface area contributed by atoms with Gasteiger partial charge in [-0.15, -0.1) is 0 Å². The summed E-state index contributed by atoms with van der Waals surface area (Å²) < 4.78 is 45.9. The molecule has 0 heterocycles. The lowest BCUT2D eigenvalue weighted by atomic mass is 10.3. The summed E-state index contributed by atoms with van der Waals surface area (Å²) in [5, 5.41) is 3.94. The Hall–Kier alpha value is -2.45. The Labute approximate surface area is 124 Å². The van der Waals surface area contributed by atoms with Crippen LogP contribution in [0.2, 0.25) is 0 Å². The number of carbonyl (C=O) groups is 2. The van der Waals surface area contributed by atoms with Crippen molar-refractivity contribution in [2.24, 2.45) is 0 Å². The third-order valence-electron chi connectivity index (χ3n) is 2.42. The van der Waals surface area contributed by atoms with Gasteiger partial charge in [0.1, 0.15) is 0 Å². The van der Waals surface area contributed by atoms with E-state index in [-0.39, 0.29) is 19.7 Å². The highest BCUT2D eigenvalue weighted by molar-refractivity contribution is 5.81. The van der Waals surface area contributed by atoms with E-state index in [2.05, 4.69) is 5.32 Å². The van der Waals surface area contributed by atoms with Gasteiger partial charge in [-0.05, 0) is 12.1 Å². The van der Waals surface area contributed by atoms with E-state index in [1.165, 1.54) is 7.11 Å². The van der Waals surface area contributed by atoms with Crippen LogP contribution in [-0.4, -0.2) is 44.8 Å². The predicted molar refractivity (Wildman–Crippen MR) is 70.6 cm³/mol. The molecule has 0 bridgehead atoms. The Morgan fingerprint density at radius 1 is 1.09 bits per heavy atom. The highest BCUT2D eigenvalue weighted by atomic mass is 19.4. The number of halogens is 3. The Morgan fingerprint density at radius 2 is 1.68 bits per heavy atom. The fourth-order valence-electron chi connectivity index (χ4n) is 1.41. The molecule has 0 saturated carbocycles. The summed E-state index contributed by atoms with van der Waals surface area (Å²) in [6.07, 6.45) is -4.93. The van der Waals surface area contributed by atoms with E-state index in [1.54, 1.807) is 29.6 Å². The van der Waals surface area contributed by atoms with Gasteiger partial charge >= 0.3 is 12.1 Å². The van der Waals surface area contributed by atoms with Crippen molar-refractivity contribution in [1.82, 2.24) is 10.6 Å². The molecule has 2 N–H and O–H groups in total. The third kappa shape index (κ3) is 5.90. The van der Waals surface area contributed by atoms with Crippen LogP contribution in [0.4, 0.5) is 13.2 Å². The van der Waals surface area contributed by atoms with E-state index >= 15 is 0 Å². The molecule has 6 nitrogen and oxygen atoms in total. The average Bonchev–Trinajstić information content (AvgIpc) is 2.48. The van der Waals surface area contributed by atoms with Crippen molar-refractivity contribution >= 4 is 11.8 Å². The van der Waals surface area contributed by atoms with Crippen LogP contribution in [0.15, 0.2) is 24.3 Å². The molecule has 1 aromatic rings. The summed E-state index contributed by atoms with van der Waals surface area (Å²) in [4.78, 5) is 21.9. The van der Waals surface area contributed by atoms with Crippen LogP contribution in [-0.2, 0) is 9.59 Å². The zero-order chi connectivity index (χ0) is 16.6. The highest BCUT2D eigenvalue weighted by Gasteiger charge is 2.38. The third-order valence-corrected chi connectivity index (χ3v) is 2.42. The standard InChI is InChI=1S/C13H15F3N2O4/c1-21-9-4-2-3-5-10(9)22-8-11(19)17-6-7-18-12(20)13(14,15)16/h2-5H,6-8H2,1H3,(H,17,19)(H,18,20). The molecule has 122 valence electrons. The fourth-order valence-corrected chi connectivity index (χ4v) is 1.41. The van der Waals surface area contributed by atoms with Crippen molar-refractivity contribution in [3.05, 3.63) is 24.3 Å². The van der Waals surface area contributed by atoms with Gasteiger partial charge in [-0.25, -0.2) is 0 Å². The van der Waals surface area contributed by atoms with Gasteiger partial charge < -0.3 is 20.1 Å². The number of hydrogen-bond acceptors (Lipinski definition) is 4. The summed E-state index contributed by atoms with van der Waals surface area (Å²) >= 11 is 0. The van der Waals surface area contributed by atoms with Gasteiger partial charge in [0.05, 0.1) is 7.11 Å². The predicted octanol–water partition coefficient (Wildman–Crippen LogP) is 0.869. The maximum Gasteiger partial charge on any atom is 0.471 e. The maximum absolute atomic E-state index is 11.9. The molecule has 0 aliphatic heterocycles. The fraction of sp³-hybridized carbons (Fsp3) is 0.385. The molecule has 0 saturated heterocycles. The number of nitrogens with one attached hydrogen (secondary N) is 2. The number of rotatable bonds is 7. The van der Waals surface area contributed by atoms with Gasteiger partial charge in [0.15, 0.2) is 18.1 Å². The normalized spacial score (nSPS) is 10.7. The largest absolute Gasteiger partial charge is 0.493 e. The molecule has 1 rings (SSSR count). The molecular formula is C13H15F3N2O4. The molecule has 2 amide bonds. The second kappa shape index (κ2) is 8.11. The number of amides is 2.